The summed E-state index contributed by atoms with van der Waals surface area (Å²) in [5, 5.41) is 0. The van der Waals surface area contributed by atoms with Gasteiger partial charge in [-0.05, 0) is 54.5 Å². The third kappa shape index (κ3) is 2.97. The second-order valence-corrected chi connectivity index (χ2v) is 11.5. The van der Waals surface area contributed by atoms with Crippen molar-refractivity contribution in [3.05, 3.63) is 54.1 Å². The van der Waals surface area contributed by atoms with Gasteiger partial charge in [0.2, 0.25) is 0 Å². The highest BCUT2D eigenvalue weighted by atomic mass is 16.7. The van der Waals surface area contributed by atoms with E-state index in [0.29, 0.717) is 26.1 Å². The van der Waals surface area contributed by atoms with E-state index in [2.05, 4.69) is 31.2 Å². The van der Waals surface area contributed by atoms with Crippen molar-refractivity contribution < 1.29 is 28.5 Å². The van der Waals surface area contributed by atoms with Crippen LogP contribution in [-0.2, 0) is 29.2 Å². The third-order valence-electron chi connectivity index (χ3n) is 10.2. The second kappa shape index (κ2) is 8.29. The average molecular weight is 493 g/mol. The van der Waals surface area contributed by atoms with Gasteiger partial charge in [0.25, 0.3) is 0 Å². The minimum absolute atomic E-state index is 0.131. The quantitative estimate of drug-likeness (QED) is 0.415. The lowest BCUT2D eigenvalue weighted by Gasteiger charge is -2.53. The number of hydrogen-bond acceptors (Lipinski definition) is 6. The topological polar surface area (TPSA) is 71.1 Å². The lowest BCUT2D eigenvalue weighted by atomic mass is 9.52. The molecule has 0 radical (unpaired) electrons. The van der Waals surface area contributed by atoms with Crippen molar-refractivity contribution in [2.75, 3.05) is 20.3 Å². The number of esters is 1. The summed E-state index contributed by atoms with van der Waals surface area (Å²) in [5.41, 5.74) is -0.644. The van der Waals surface area contributed by atoms with Crippen LogP contribution in [0, 0.1) is 22.7 Å². The first-order valence-electron chi connectivity index (χ1n) is 13.3. The average Bonchev–Trinajstić information content (AvgIpc) is 3.54. The van der Waals surface area contributed by atoms with E-state index in [9.17, 15) is 9.59 Å². The highest BCUT2D eigenvalue weighted by Gasteiger charge is 2.80. The molecule has 6 atom stereocenters. The van der Waals surface area contributed by atoms with E-state index in [0.717, 1.165) is 37.0 Å². The molecule has 1 aromatic carbocycles. The number of ketones is 1. The van der Waals surface area contributed by atoms with Crippen LogP contribution in [-0.4, -0.2) is 44.0 Å². The molecule has 0 spiro atoms. The molecule has 192 valence electrons. The van der Waals surface area contributed by atoms with E-state index < -0.39 is 11.0 Å². The lowest BCUT2D eigenvalue weighted by molar-refractivity contribution is -0.172. The number of hydrogen-bond donors (Lipinski definition) is 0. The van der Waals surface area contributed by atoms with Crippen molar-refractivity contribution in [1.82, 2.24) is 0 Å². The third-order valence-corrected chi connectivity index (χ3v) is 10.2. The lowest BCUT2D eigenvalue weighted by Crippen LogP contribution is -2.55. The van der Waals surface area contributed by atoms with Crippen LogP contribution in [0.25, 0.3) is 0 Å². The molecule has 0 aromatic heterocycles. The van der Waals surface area contributed by atoms with Crippen molar-refractivity contribution in [2.24, 2.45) is 22.7 Å². The van der Waals surface area contributed by atoms with E-state index in [4.69, 9.17) is 18.9 Å². The van der Waals surface area contributed by atoms with Crippen molar-refractivity contribution in [3.63, 3.8) is 0 Å². The molecule has 0 unspecified atom stereocenters. The minimum Gasteiger partial charge on any atom is -0.497 e. The first-order chi connectivity index (χ1) is 17.3. The number of fused-ring (bicyclic) bond motifs is 2. The van der Waals surface area contributed by atoms with Crippen LogP contribution in [0.3, 0.4) is 0 Å². The Morgan fingerprint density at radius 2 is 1.78 bits per heavy atom. The predicted molar refractivity (Wildman–Crippen MR) is 133 cm³/mol. The highest BCUT2D eigenvalue weighted by Crippen LogP contribution is 2.80. The molecule has 0 N–H and O–H groups in total. The summed E-state index contributed by atoms with van der Waals surface area (Å²) in [5.74, 6) is 0.151. The standard InChI is InChI=1S/C30H36O6/c1-20(31)36-29(15-11-24-34-18-19-35-24)14-10-23(32)25-26(29)28-13-5-4-12-27(28,2)30(25,17-16-28)21-6-8-22(33-3)9-7-21/h6-10,14,16-17,24-26H,4-5,11-13,15,18-19H2,1-3H3/t25-,26+,27+,28+,29-,30+/m1/s1. The monoisotopic (exact) mass is 492 g/mol. The van der Waals surface area contributed by atoms with Gasteiger partial charge in [-0.25, -0.2) is 0 Å². The van der Waals surface area contributed by atoms with Crippen LogP contribution in [0.4, 0.5) is 0 Å². The number of methoxy groups -OCH3 is 1. The Hall–Kier alpha value is -2.44. The molecule has 0 amide bonds. The van der Waals surface area contributed by atoms with E-state index >= 15 is 0 Å². The molecule has 1 heterocycles. The van der Waals surface area contributed by atoms with Crippen LogP contribution >= 0.6 is 0 Å². The summed E-state index contributed by atoms with van der Waals surface area (Å²) >= 11 is 0. The zero-order valence-corrected chi connectivity index (χ0v) is 21.5. The Morgan fingerprint density at radius 1 is 1.06 bits per heavy atom. The van der Waals surface area contributed by atoms with Gasteiger partial charge in [0.1, 0.15) is 11.4 Å². The van der Waals surface area contributed by atoms with Gasteiger partial charge in [0, 0.05) is 36.0 Å². The molecule has 5 aliphatic rings. The number of benzene rings is 1. The number of allylic oxidation sites excluding steroid dienone is 3. The van der Waals surface area contributed by atoms with Crippen LogP contribution in [0.2, 0.25) is 0 Å². The minimum atomic E-state index is -0.892. The largest absolute Gasteiger partial charge is 0.497 e. The smallest absolute Gasteiger partial charge is 0.303 e. The zero-order chi connectivity index (χ0) is 25.2. The summed E-state index contributed by atoms with van der Waals surface area (Å²) in [6.45, 7) is 5.02. The SMILES string of the molecule is COc1ccc([C@]23C=C[C@@]4(CCCC[C@]24C)[C@@H]2[C@H]3C(=O)C=C[C@]2(CCC2OCCO2)OC(C)=O)cc1. The molecule has 2 saturated carbocycles. The van der Waals surface area contributed by atoms with E-state index in [1.807, 2.05) is 18.2 Å². The number of rotatable bonds is 6. The molecule has 2 bridgehead atoms. The molecule has 6 nitrogen and oxygen atoms in total. The van der Waals surface area contributed by atoms with Crippen molar-refractivity contribution >= 4 is 11.8 Å². The molecule has 1 aliphatic heterocycles. The van der Waals surface area contributed by atoms with E-state index in [1.165, 1.54) is 6.92 Å². The van der Waals surface area contributed by atoms with Crippen LogP contribution in [0.5, 0.6) is 5.75 Å². The normalized spacial score (nSPS) is 40.8. The molecule has 6 rings (SSSR count). The van der Waals surface area contributed by atoms with Gasteiger partial charge in [-0.3, -0.25) is 9.59 Å². The molecule has 1 saturated heterocycles. The molecule has 1 aromatic rings. The maximum Gasteiger partial charge on any atom is 0.303 e. The Balaban J connectivity index is 1.53. The van der Waals surface area contributed by atoms with Crippen LogP contribution < -0.4 is 4.74 Å². The Bertz CT molecular complexity index is 1120. The second-order valence-electron chi connectivity index (χ2n) is 11.5. The number of carbonyl (C=O) groups excluding carboxylic acids is 2. The Kier molecular flexibility index (Phi) is 5.51. The first kappa shape index (κ1) is 23.9. The van der Waals surface area contributed by atoms with Gasteiger partial charge in [0.05, 0.1) is 20.3 Å². The maximum atomic E-state index is 13.9. The predicted octanol–water partition coefficient (Wildman–Crippen LogP) is 4.91. The van der Waals surface area contributed by atoms with Gasteiger partial charge < -0.3 is 18.9 Å². The molecule has 6 heteroatoms. The van der Waals surface area contributed by atoms with E-state index in [1.54, 1.807) is 13.2 Å². The fourth-order valence-corrected chi connectivity index (χ4v) is 8.91. The maximum absolute atomic E-state index is 13.9. The molecule has 36 heavy (non-hydrogen) atoms. The summed E-state index contributed by atoms with van der Waals surface area (Å²) in [7, 11) is 1.67. The highest BCUT2D eigenvalue weighted by molar-refractivity contribution is 5.96. The van der Waals surface area contributed by atoms with Crippen molar-refractivity contribution in [1.29, 1.82) is 0 Å². The van der Waals surface area contributed by atoms with Crippen LogP contribution in [0.15, 0.2) is 48.6 Å². The number of ether oxygens (including phenoxy) is 4. The van der Waals surface area contributed by atoms with Gasteiger partial charge in [-0.15, -0.1) is 0 Å². The fourth-order valence-electron chi connectivity index (χ4n) is 8.91. The first-order valence-corrected chi connectivity index (χ1v) is 13.3. The Morgan fingerprint density at radius 3 is 2.47 bits per heavy atom. The zero-order valence-electron chi connectivity index (χ0n) is 21.5. The molecular weight excluding hydrogens is 456 g/mol. The summed E-state index contributed by atoms with van der Waals surface area (Å²) < 4.78 is 23.3. The van der Waals surface area contributed by atoms with Gasteiger partial charge >= 0.3 is 5.97 Å². The van der Waals surface area contributed by atoms with Gasteiger partial charge in [0.15, 0.2) is 12.1 Å². The van der Waals surface area contributed by atoms with Crippen molar-refractivity contribution in [3.8, 4) is 5.75 Å². The summed E-state index contributed by atoms with van der Waals surface area (Å²) in [4.78, 5) is 26.6. The molecule has 3 fully saturated rings. The summed E-state index contributed by atoms with van der Waals surface area (Å²) in [6.07, 6.45) is 13.4. The fraction of sp³-hybridized carbons (Fsp3) is 0.600. The molecule has 4 aliphatic carbocycles. The molecular formula is C30H36O6. The van der Waals surface area contributed by atoms with Crippen molar-refractivity contribution in [2.45, 2.75) is 69.7 Å². The van der Waals surface area contributed by atoms with E-state index in [-0.39, 0.29) is 40.7 Å². The van der Waals surface area contributed by atoms with Crippen LogP contribution in [0.1, 0.15) is 57.9 Å². The van der Waals surface area contributed by atoms with Gasteiger partial charge in [-0.1, -0.05) is 44.1 Å². The van der Waals surface area contributed by atoms with Gasteiger partial charge in [-0.2, -0.15) is 0 Å². The summed E-state index contributed by atoms with van der Waals surface area (Å²) in [6, 6.07) is 8.24. The Labute approximate surface area is 213 Å². The number of carbonyl (C=O) groups is 2.